The van der Waals surface area contributed by atoms with E-state index in [1.807, 2.05) is 0 Å². The Labute approximate surface area is 132 Å². The van der Waals surface area contributed by atoms with Gasteiger partial charge in [0.15, 0.2) is 0 Å². The second-order valence-corrected chi connectivity index (χ2v) is 4.81. The molecular formula is C15H14ClN3O3. The molecule has 0 saturated carbocycles. The zero-order valence-corrected chi connectivity index (χ0v) is 12.6. The van der Waals surface area contributed by atoms with Crippen molar-refractivity contribution in [1.29, 1.82) is 0 Å². The molecule has 2 N–H and O–H groups in total. The molecule has 0 unspecified atom stereocenters. The van der Waals surface area contributed by atoms with Crippen LogP contribution in [0.2, 0.25) is 5.02 Å². The van der Waals surface area contributed by atoms with Crippen LogP contribution in [-0.4, -0.2) is 24.6 Å². The number of amides is 2. The largest absolute Gasteiger partial charge is 0.460 e. The van der Waals surface area contributed by atoms with E-state index in [1.165, 1.54) is 6.21 Å². The number of carbonyl (C=O) groups is 2. The van der Waals surface area contributed by atoms with Gasteiger partial charge in [-0.1, -0.05) is 23.7 Å². The van der Waals surface area contributed by atoms with E-state index in [1.54, 1.807) is 43.3 Å². The van der Waals surface area contributed by atoms with E-state index in [4.69, 9.17) is 16.0 Å². The fraction of sp³-hybridized carbons (Fsp3) is 0.133. The van der Waals surface area contributed by atoms with Gasteiger partial charge in [0.05, 0.1) is 23.3 Å². The molecule has 22 heavy (non-hydrogen) atoms. The molecule has 0 saturated heterocycles. The number of carbonyl (C=O) groups excluding carboxylic acids is 2. The number of aryl methyl sites for hydroxylation is 1. The smallest absolute Gasteiger partial charge is 0.259 e. The minimum Gasteiger partial charge on any atom is -0.460 e. The molecule has 114 valence electrons. The van der Waals surface area contributed by atoms with Crippen LogP contribution < -0.4 is 10.7 Å². The molecule has 2 aromatic rings. The summed E-state index contributed by atoms with van der Waals surface area (Å²) in [4.78, 5) is 23.4. The number of nitrogens with one attached hydrogen (secondary N) is 2. The topological polar surface area (TPSA) is 83.7 Å². The molecule has 1 aromatic heterocycles. The van der Waals surface area contributed by atoms with Crippen molar-refractivity contribution < 1.29 is 14.0 Å². The van der Waals surface area contributed by atoms with Crippen molar-refractivity contribution in [3.05, 3.63) is 58.5 Å². The Balaban J connectivity index is 1.79. The van der Waals surface area contributed by atoms with Gasteiger partial charge in [-0.15, -0.1) is 0 Å². The molecule has 2 amide bonds. The summed E-state index contributed by atoms with van der Waals surface area (Å²) in [7, 11) is 0. The molecule has 0 fully saturated rings. The molecule has 2 rings (SSSR count). The summed E-state index contributed by atoms with van der Waals surface area (Å²) in [6.07, 6.45) is 1.38. The van der Waals surface area contributed by atoms with E-state index < -0.39 is 11.8 Å². The summed E-state index contributed by atoms with van der Waals surface area (Å²) in [6.45, 7) is 1.60. The summed E-state index contributed by atoms with van der Waals surface area (Å²) in [5, 5.41) is 6.51. The van der Waals surface area contributed by atoms with Crippen LogP contribution in [0.4, 0.5) is 0 Å². The number of hydrazone groups is 1. The van der Waals surface area contributed by atoms with Crippen LogP contribution in [0.5, 0.6) is 0 Å². The maximum absolute atomic E-state index is 11.8. The number of benzene rings is 1. The highest BCUT2D eigenvalue weighted by Crippen LogP contribution is 2.14. The van der Waals surface area contributed by atoms with Gasteiger partial charge in [-0.05, 0) is 31.2 Å². The predicted octanol–water partition coefficient (Wildman–Crippen LogP) is 2.12. The van der Waals surface area contributed by atoms with Gasteiger partial charge in [0, 0.05) is 0 Å². The Hall–Kier alpha value is -2.60. The third kappa shape index (κ3) is 4.46. The third-order valence-corrected chi connectivity index (χ3v) is 3.00. The van der Waals surface area contributed by atoms with Gasteiger partial charge in [0.2, 0.25) is 0 Å². The van der Waals surface area contributed by atoms with Crippen LogP contribution in [0.1, 0.15) is 21.9 Å². The van der Waals surface area contributed by atoms with Crippen molar-refractivity contribution in [1.82, 2.24) is 10.7 Å². The number of furan rings is 1. The summed E-state index contributed by atoms with van der Waals surface area (Å²) in [5.74, 6) is 0.393. The van der Waals surface area contributed by atoms with Gasteiger partial charge in [-0.2, -0.15) is 5.10 Å². The first-order valence-electron chi connectivity index (χ1n) is 6.47. The molecule has 7 heteroatoms. The molecular weight excluding hydrogens is 306 g/mol. The summed E-state index contributed by atoms with van der Waals surface area (Å²) in [5.41, 5.74) is 2.60. The van der Waals surface area contributed by atoms with Gasteiger partial charge in [0.25, 0.3) is 11.8 Å². The molecule has 1 heterocycles. The third-order valence-electron chi connectivity index (χ3n) is 2.67. The highest BCUT2D eigenvalue weighted by atomic mass is 35.5. The van der Waals surface area contributed by atoms with Gasteiger partial charge in [0.1, 0.15) is 11.5 Å². The lowest BCUT2D eigenvalue weighted by atomic mass is 10.2. The van der Waals surface area contributed by atoms with Crippen LogP contribution in [-0.2, 0) is 4.79 Å². The molecule has 0 bridgehead atoms. The zero-order chi connectivity index (χ0) is 15.9. The van der Waals surface area contributed by atoms with Gasteiger partial charge >= 0.3 is 0 Å². The van der Waals surface area contributed by atoms with Crippen molar-refractivity contribution >= 4 is 29.6 Å². The standard InChI is InChI=1S/C15H14ClN3O3/c1-10-6-7-11(22-10)8-18-19-14(20)9-17-15(21)12-4-2-3-5-13(12)16/h2-8H,9H2,1H3,(H,17,21)(H,19,20)/b18-8+. The first kappa shape index (κ1) is 15.8. The number of halogens is 1. The highest BCUT2D eigenvalue weighted by Gasteiger charge is 2.10. The molecule has 0 atom stereocenters. The van der Waals surface area contributed by atoms with E-state index in [0.717, 1.165) is 5.76 Å². The molecule has 1 aromatic carbocycles. The number of hydrogen-bond donors (Lipinski definition) is 2. The van der Waals surface area contributed by atoms with Gasteiger partial charge < -0.3 is 9.73 Å². The molecule has 0 aliphatic rings. The maximum atomic E-state index is 11.8. The van der Waals surface area contributed by atoms with Gasteiger partial charge in [-0.25, -0.2) is 5.43 Å². The molecule has 0 radical (unpaired) electrons. The van der Waals surface area contributed by atoms with Crippen LogP contribution in [0.15, 0.2) is 45.9 Å². The van der Waals surface area contributed by atoms with E-state index in [-0.39, 0.29) is 6.54 Å². The van der Waals surface area contributed by atoms with Crippen LogP contribution in [0, 0.1) is 6.92 Å². The lowest BCUT2D eigenvalue weighted by Crippen LogP contribution is -2.35. The quantitative estimate of drug-likeness (QED) is 0.654. The first-order valence-corrected chi connectivity index (χ1v) is 6.85. The number of hydrogen-bond acceptors (Lipinski definition) is 4. The average molecular weight is 320 g/mol. The van der Waals surface area contributed by atoms with E-state index >= 15 is 0 Å². The van der Waals surface area contributed by atoms with Gasteiger partial charge in [-0.3, -0.25) is 9.59 Å². The minimum absolute atomic E-state index is 0.210. The second-order valence-electron chi connectivity index (χ2n) is 4.40. The molecule has 0 aliphatic carbocycles. The van der Waals surface area contributed by atoms with Crippen molar-refractivity contribution in [3.8, 4) is 0 Å². The van der Waals surface area contributed by atoms with E-state index in [2.05, 4.69) is 15.8 Å². The monoisotopic (exact) mass is 319 g/mol. The van der Waals surface area contributed by atoms with E-state index in [9.17, 15) is 9.59 Å². The normalized spacial score (nSPS) is 10.6. The first-order chi connectivity index (χ1) is 10.6. The maximum Gasteiger partial charge on any atom is 0.259 e. The predicted molar refractivity (Wildman–Crippen MR) is 83.0 cm³/mol. The fourth-order valence-electron chi connectivity index (χ4n) is 1.63. The highest BCUT2D eigenvalue weighted by molar-refractivity contribution is 6.33. The average Bonchev–Trinajstić information content (AvgIpc) is 2.91. The van der Waals surface area contributed by atoms with Crippen molar-refractivity contribution in [3.63, 3.8) is 0 Å². The second kappa shape index (κ2) is 7.42. The summed E-state index contributed by atoms with van der Waals surface area (Å²) in [6, 6.07) is 10.1. The number of rotatable bonds is 5. The fourth-order valence-corrected chi connectivity index (χ4v) is 1.85. The van der Waals surface area contributed by atoms with Crippen molar-refractivity contribution in [2.45, 2.75) is 6.92 Å². The van der Waals surface area contributed by atoms with Crippen LogP contribution >= 0.6 is 11.6 Å². The van der Waals surface area contributed by atoms with Crippen molar-refractivity contribution in [2.75, 3.05) is 6.54 Å². The van der Waals surface area contributed by atoms with Crippen LogP contribution in [0.25, 0.3) is 0 Å². The Morgan fingerprint density at radius 2 is 2.05 bits per heavy atom. The molecule has 6 nitrogen and oxygen atoms in total. The minimum atomic E-state index is -0.458. The Bertz CT molecular complexity index is 710. The lowest BCUT2D eigenvalue weighted by molar-refractivity contribution is -0.120. The Morgan fingerprint density at radius 3 is 2.73 bits per heavy atom. The summed E-state index contributed by atoms with van der Waals surface area (Å²) >= 11 is 5.89. The van der Waals surface area contributed by atoms with Crippen molar-refractivity contribution in [2.24, 2.45) is 5.10 Å². The number of nitrogens with zero attached hydrogens (tertiary/aromatic N) is 1. The van der Waals surface area contributed by atoms with Crippen LogP contribution in [0.3, 0.4) is 0 Å². The Kier molecular flexibility index (Phi) is 5.32. The van der Waals surface area contributed by atoms with E-state index in [0.29, 0.717) is 16.3 Å². The SMILES string of the molecule is Cc1ccc(/C=N/NC(=O)CNC(=O)c2ccccc2Cl)o1. The Morgan fingerprint density at radius 1 is 1.27 bits per heavy atom. The molecule has 0 aliphatic heterocycles. The summed E-state index contributed by atoms with van der Waals surface area (Å²) < 4.78 is 5.25. The zero-order valence-electron chi connectivity index (χ0n) is 11.8. The lowest BCUT2D eigenvalue weighted by Gasteiger charge is -2.05. The molecule has 0 spiro atoms.